The second-order valence-corrected chi connectivity index (χ2v) is 5.32. The summed E-state index contributed by atoms with van der Waals surface area (Å²) in [6, 6.07) is 0. The molecule has 4 heterocycles. The molecule has 4 rings (SSSR count). The summed E-state index contributed by atoms with van der Waals surface area (Å²) in [7, 11) is 0. The number of nitrogens with one attached hydrogen (secondary N) is 1. The Morgan fingerprint density at radius 2 is 1.75 bits per heavy atom. The van der Waals surface area contributed by atoms with Crippen LogP contribution in [-0.2, 0) is 4.79 Å². The predicted molar refractivity (Wildman–Crippen MR) is 62.1 cm³/mol. The van der Waals surface area contributed by atoms with E-state index in [1.165, 1.54) is 25.9 Å². The topological polar surface area (TPSA) is 35.6 Å². The van der Waals surface area contributed by atoms with Gasteiger partial charge in [-0.3, -0.25) is 4.79 Å². The van der Waals surface area contributed by atoms with Gasteiger partial charge in [-0.2, -0.15) is 0 Å². The van der Waals surface area contributed by atoms with Gasteiger partial charge in [-0.1, -0.05) is 0 Å². The lowest BCUT2D eigenvalue weighted by molar-refractivity contribution is -0.142. The van der Waals surface area contributed by atoms with Crippen LogP contribution in [0.2, 0.25) is 0 Å². The van der Waals surface area contributed by atoms with Gasteiger partial charge < -0.3 is 15.1 Å². The first-order valence-corrected chi connectivity index (χ1v) is 6.56. The molecular formula is C12H21N3O. The highest BCUT2D eigenvalue weighted by Crippen LogP contribution is 2.33. The molecule has 4 saturated heterocycles. The number of carbonyl (C=O) groups is 1. The number of carbonyl (C=O) groups excluding carboxylic acids is 1. The molecule has 0 aromatic rings. The molecule has 1 unspecified atom stereocenters. The Hall–Kier alpha value is -0.610. The Bertz CT molecular complexity index is 267. The Labute approximate surface area is 97.0 Å². The Morgan fingerprint density at radius 3 is 2.31 bits per heavy atom. The van der Waals surface area contributed by atoms with Crippen LogP contribution in [0, 0.1) is 11.8 Å². The van der Waals surface area contributed by atoms with Gasteiger partial charge in [0.1, 0.15) is 0 Å². The van der Waals surface area contributed by atoms with Gasteiger partial charge in [-0.25, -0.2) is 0 Å². The van der Waals surface area contributed by atoms with Crippen LogP contribution in [0.5, 0.6) is 0 Å². The van der Waals surface area contributed by atoms with E-state index in [1.807, 2.05) is 0 Å². The molecule has 0 aromatic heterocycles. The first kappa shape index (κ1) is 10.5. The molecule has 1 N–H and O–H groups in total. The van der Waals surface area contributed by atoms with Crippen LogP contribution in [0.25, 0.3) is 0 Å². The molecule has 4 aliphatic heterocycles. The number of hydrogen-bond donors (Lipinski definition) is 1. The van der Waals surface area contributed by atoms with E-state index in [0.29, 0.717) is 17.7 Å². The van der Waals surface area contributed by atoms with Crippen LogP contribution in [0.4, 0.5) is 0 Å². The maximum Gasteiger partial charge on any atom is 0.227 e. The minimum Gasteiger partial charge on any atom is -0.340 e. The van der Waals surface area contributed by atoms with Gasteiger partial charge in [0.15, 0.2) is 0 Å². The molecule has 4 heteroatoms. The maximum absolute atomic E-state index is 12.4. The van der Waals surface area contributed by atoms with E-state index in [9.17, 15) is 4.79 Å². The second kappa shape index (κ2) is 4.34. The molecule has 90 valence electrons. The summed E-state index contributed by atoms with van der Waals surface area (Å²) >= 11 is 0. The first-order valence-electron chi connectivity index (χ1n) is 6.56. The summed E-state index contributed by atoms with van der Waals surface area (Å²) in [6.07, 6.45) is 2.48. The maximum atomic E-state index is 12.4. The van der Waals surface area contributed by atoms with Crippen molar-refractivity contribution >= 4 is 5.91 Å². The Morgan fingerprint density at radius 1 is 1.06 bits per heavy atom. The van der Waals surface area contributed by atoms with Crippen molar-refractivity contribution in [3.63, 3.8) is 0 Å². The second-order valence-electron chi connectivity index (χ2n) is 5.32. The summed E-state index contributed by atoms with van der Waals surface area (Å²) in [5.41, 5.74) is 0. The van der Waals surface area contributed by atoms with Gasteiger partial charge in [0.05, 0.1) is 5.92 Å². The van der Waals surface area contributed by atoms with Crippen molar-refractivity contribution in [1.82, 2.24) is 15.1 Å². The quantitative estimate of drug-likeness (QED) is 0.666. The molecule has 1 amide bonds. The zero-order valence-electron chi connectivity index (χ0n) is 9.82. The molecule has 4 nitrogen and oxygen atoms in total. The molecule has 0 aliphatic carbocycles. The molecule has 16 heavy (non-hydrogen) atoms. The Balaban J connectivity index is 1.65. The molecule has 0 aromatic carbocycles. The normalized spacial score (nSPS) is 38.8. The van der Waals surface area contributed by atoms with E-state index < -0.39 is 0 Å². The lowest BCUT2D eigenvalue weighted by Gasteiger charge is -2.45. The molecular weight excluding hydrogens is 202 g/mol. The molecule has 0 saturated carbocycles. The van der Waals surface area contributed by atoms with E-state index >= 15 is 0 Å². The standard InChI is InChI=1S/C12H21N3O/c16-12(15-7-3-13-4-8-15)11-9-14-5-1-10(11)2-6-14/h10-11,13H,1-9H2. The summed E-state index contributed by atoms with van der Waals surface area (Å²) in [5.74, 6) is 1.41. The monoisotopic (exact) mass is 223 g/mol. The van der Waals surface area contributed by atoms with Crippen molar-refractivity contribution in [2.75, 3.05) is 45.8 Å². The third kappa shape index (κ3) is 1.84. The van der Waals surface area contributed by atoms with E-state index in [1.54, 1.807) is 0 Å². The number of piperazine rings is 1. The number of hydrogen-bond acceptors (Lipinski definition) is 3. The zero-order valence-corrected chi connectivity index (χ0v) is 9.82. The number of piperidine rings is 3. The molecule has 0 spiro atoms. The lowest BCUT2D eigenvalue weighted by atomic mass is 9.78. The fourth-order valence-corrected chi connectivity index (χ4v) is 3.36. The van der Waals surface area contributed by atoms with Crippen LogP contribution in [0.3, 0.4) is 0 Å². The highest BCUT2D eigenvalue weighted by Gasteiger charge is 2.39. The number of nitrogens with zero attached hydrogens (tertiary/aromatic N) is 2. The lowest BCUT2D eigenvalue weighted by Crippen LogP contribution is -2.56. The molecule has 4 aliphatic rings. The first-order chi connectivity index (χ1) is 7.84. The zero-order chi connectivity index (χ0) is 11.0. The third-order valence-electron chi connectivity index (χ3n) is 4.40. The van der Waals surface area contributed by atoms with E-state index in [0.717, 1.165) is 32.7 Å². The number of fused-ring (bicyclic) bond motifs is 3. The SMILES string of the molecule is O=C(C1CN2CCC1CC2)N1CCNCC1. The van der Waals surface area contributed by atoms with Crippen molar-refractivity contribution in [3.05, 3.63) is 0 Å². The van der Waals surface area contributed by atoms with Crippen LogP contribution in [0.15, 0.2) is 0 Å². The third-order valence-corrected chi connectivity index (χ3v) is 4.40. The van der Waals surface area contributed by atoms with Gasteiger partial charge in [0.2, 0.25) is 5.91 Å². The minimum atomic E-state index is 0.306. The molecule has 2 bridgehead atoms. The van der Waals surface area contributed by atoms with Crippen molar-refractivity contribution in [3.8, 4) is 0 Å². The average molecular weight is 223 g/mol. The summed E-state index contributed by atoms with van der Waals surface area (Å²) in [4.78, 5) is 16.9. The number of rotatable bonds is 1. The van der Waals surface area contributed by atoms with Crippen molar-refractivity contribution < 1.29 is 4.79 Å². The molecule has 1 atom stereocenters. The van der Waals surface area contributed by atoms with E-state index in [-0.39, 0.29) is 0 Å². The Kier molecular flexibility index (Phi) is 2.86. The summed E-state index contributed by atoms with van der Waals surface area (Å²) in [5, 5.41) is 3.30. The average Bonchev–Trinajstić information content (AvgIpc) is 2.40. The van der Waals surface area contributed by atoms with Crippen LogP contribution >= 0.6 is 0 Å². The van der Waals surface area contributed by atoms with Crippen molar-refractivity contribution in [2.24, 2.45) is 11.8 Å². The van der Waals surface area contributed by atoms with Crippen LogP contribution in [0.1, 0.15) is 12.8 Å². The fourth-order valence-electron chi connectivity index (χ4n) is 3.36. The van der Waals surface area contributed by atoms with Crippen LogP contribution < -0.4 is 5.32 Å². The van der Waals surface area contributed by atoms with Gasteiger partial charge >= 0.3 is 0 Å². The van der Waals surface area contributed by atoms with Gasteiger partial charge in [-0.15, -0.1) is 0 Å². The van der Waals surface area contributed by atoms with Gasteiger partial charge in [0, 0.05) is 32.7 Å². The summed E-state index contributed by atoms with van der Waals surface area (Å²) in [6.45, 7) is 7.20. The van der Waals surface area contributed by atoms with E-state index in [4.69, 9.17) is 0 Å². The van der Waals surface area contributed by atoms with E-state index in [2.05, 4.69) is 15.1 Å². The van der Waals surface area contributed by atoms with Crippen molar-refractivity contribution in [2.45, 2.75) is 12.8 Å². The van der Waals surface area contributed by atoms with Gasteiger partial charge in [0.25, 0.3) is 0 Å². The predicted octanol–water partition coefficient (Wildman–Crippen LogP) is -0.240. The number of amides is 1. The largest absolute Gasteiger partial charge is 0.340 e. The minimum absolute atomic E-state index is 0.306. The van der Waals surface area contributed by atoms with Crippen LogP contribution in [-0.4, -0.2) is 61.5 Å². The van der Waals surface area contributed by atoms with Crippen molar-refractivity contribution in [1.29, 1.82) is 0 Å². The highest BCUT2D eigenvalue weighted by atomic mass is 16.2. The molecule has 0 radical (unpaired) electrons. The fraction of sp³-hybridized carbons (Fsp3) is 0.917. The highest BCUT2D eigenvalue weighted by molar-refractivity contribution is 5.79. The van der Waals surface area contributed by atoms with Gasteiger partial charge in [-0.05, 0) is 31.8 Å². The smallest absolute Gasteiger partial charge is 0.227 e. The molecule has 4 fully saturated rings. The summed E-state index contributed by atoms with van der Waals surface area (Å²) < 4.78 is 0.